The first-order valence-electron chi connectivity index (χ1n) is 11.6. The fourth-order valence-corrected chi connectivity index (χ4v) is 6.22. The number of fused-ring (bicyclic) bond motifs is 3. The van der Waals surface area contributed by atoms with Gasteiger partial charge in [-0.15, -0.1) is 0 Å². The van der Waals surface area contributed by atoms with Crippen molar-refractivity contribution in [1.29, 1.82) is 0 Å². The molecule has 1 aromatic carbocycles. The molecule has 4 nitrogen and oxygen atoms in total. The number of ketones is 1. The van der Waals surface area contributed by atoms with E-state index in [9.17, 15) is 9.59 Å². The van der Waals surface area contributed by atoms with E-state index in [-0.39, 0.29) is 17.8 Å². The average molecular weight is 393 g/mol. The van der Waals surface area contributed by atoms with Crippen LogP contribution in [-0.4, -0.2) is 34.7 Å². The molecule has 1 N–H and O–H groups in total. The number of rotatable bonds is 3. The lowest BCUT2D eigenvalue weighted by molar-refractivity contribution is -0.143. The molecule has 3 aliphatic rings. The van der Waals surface area contributed by atoms with Gasteiger partial charge < -0.3 is 9.88 Å². The van der Waals surface area contributed by atoms with Gasteiger partial charge >= 0.3 is 0 Å². The highest BCUT2D eigenvalue weighted by Crippen LogP contribution is 2.41. The van der Waals surface area contributed by atoms with Crippen LogP contribution in [-0.2, 0) is 16.0 Å². The number of amides is 1. The van der Waals surface area contributed by atoms with E-state index >= 15 is 0 Å². The Balaban J connectivity index is 1.25. The number of Topliss-reactive ketones (excluding diaryl/α,β-unsaturated/α-hetero) is 1. The van der Waals surface area contributed by atoms with Crippen molar-refractivity contribution in [2.45, 2.75) is 64.2 Å². The smallest absolute Gasteiger partial charge is 0.225 e. The van der Waals surface area contributed by atoms with Crippen LogP contribution in [0.1, 0.15) is 68.9 Å². The van der Waals surface area contributed by atoms with Crippen molar-refractivity contribution in [1.82, 2.24) is 9.88 Å². The summed E-state index contributed by atoms with van der Waals surface area (Å²) in [5.74, 6) is 1.69. The number of H-pyrrole nitrogens is 1. The van der Waals surface area contributed by atoms with Crippen molar-refractivity contribution in [2.75, 3.05) is 13.1 Å². The van der Waals surface area contributed by atoms with Crippen LogP contribution in [0.4, 0.5) is 0 Å². The minimum absolute atomic E-state index is 0.0831. The van der Waals surface area contributed by atoms with Crippen LogP contribution in [0.3, 0.4) is 0 Å². The first-order valence-corrected chi connectivity index (χ1v) is 11.6. The molecule has 29 heavy (non-hydrogen) atoms. The lowest BCUT2D eigenvalue weighted by Crippen LogP contribution is -2.46. The van der Waals surface area contributed by atoms with Gasteiger partial charge in [-0.3, -0.25) is 9.59 Å². The van der Waals surface area contributed by atoms with Crippen LogP contribution in [0.5, 0.6) is 0 Å². The Labute approximate surface area is 173 Å². The minimum atomic E-state index is 0.0831. The molecule has 1 aliphatic heterocycles. The first kappa shape index (κ1) is 18.9. The molecule has 2 saturated carbocycles. The molecule has 5 rings (SSSR count). The molecule has 2 aromatic rings. The van der Waals surface area contributed by atoms with Crippen molar-refractivity contribution in [2.24, 2.45) is 17.8 Å². The molecule has 1 saturated heterocycles. The number of likely N-dealkylation sites (tertiary alicyclic amines) is 1. The Bertz CT molecular complexity index is 906. The van der Waals surface area contributed by atoms with Gasteiger partial charge in [0.05, 0.1) is 0 Å². The van der Waals surface area contributed by atoms with E-state index in [1.54, 1.807) is 0 Å². The molecular weight excluding hydrogens is 360 g/mol. The van der Waals surface area contributed by atoms with E-state index in [1.165, 1.54) is 22.0 Å². The third-order valence-electron chi connectivity index (χ3n) is 7.86. The van der Waals surface area contributed by atoms with Crippen molar-refractivity contribution in [3.8, 4) is 0 Å². The monoisotopic (exact) mass is 392 g/mol. The molecule has 0 radical (unpaired) electrons. The lowest BCUT2D eigenvalue weighted by Gasteiger charge is -2.40. The number of carbonyl (C=O) groups excluding carboxylic acids is 2. The summed E-state index contributed by atoms with van der Waals surface area (Å²) in [6.07, 6.45) is 10.1. The number of carbonyl (C=O) groups is 2. The largest absolute Gasteiger partial charge is 0.361 e. The van der Waals surface area contributed by atoms with E-state index in [4.69, 9.17) is 0 Å². The maximum absolute atomic E-state index is 13.2. The zero-order chi connectivity index (χ0) is 20.0. The first-order chi connectivity index (χ1) is 14.2. The topological polar surface area (TPSA) is 53.2 Å². The second-order valence-corrected chi connectivity index (χ2v) is 9.43. The normalized spacial score (nSPS) is 28.1. The van der Waals surface area contributed by atoms with Gasteiger partial charge in [0.2, 0.25) is 5.91 Å². The van der Waals surface area contributed by atoms with Crippen LogP contribution in [0.15, 0.2) is 24.4 Å². The zero-order valence-corrected chi connectivity index (χ0v) is 17.5. The number of para-hydroxylation sites is 1. The molecule has 2 bridgehead atoms. The third kappa shape index (κ3) is 3.31. The maximum Gasteiger partial charge on any atom is 0.225 e. The highest BCUT2D eigenvalue weighted by atomic mass is 16.2. The molecule has 4 heteroatoms. The van der Waals surface area contributed by atoms with Crippen LogP contribution in [0, 0.1) is 17.8 Å². The van der Waals surface area contributed by atoms with Crippen LogP contribution in [0.2, 0.25) is 0 Å². The quantitative estimate of drug-likeness (QED) is 0.813. The third-order valence-corrected chi connectivity index (χ3v) is 7.86. The Morgan fingerprint density at radius 1 is 1.07 bits per heavy atom. The molecule has 2 heterocycles. The van der Waals surface area contributed by atoms with E-state index in [0.29, 0.717) is 17.6 Å². The summed E-state index contributed by atoms with van der Waals surface area (Å²) < 4.78 is 0. The predicted octanol–water partition coefficient (Wildman–Crippen LogP) is 4.83. The molecule has 154 valence electrons. The van der Waals surface area contributed by atoms with Gasteiger partial charge in [-0.2, -0.15) is 0 Å². The van der Waals surface area contributed by atoms with Gasteiger partial charge in [-0.1, -0.05) is 31.5 Å². The van der Waals surface area contributed by atoms with Crippen LogP contribution >= 0.6 is 0 Å². The number of nitrogens with one attached hydrogen (secondary N) is 1. The van der Waals surface area contributed by atoms with Crippen molar-refractivity contribution in [3.63, 3.8) is 0 Å². The Morgan fingerprint density at radius 2 is 1.79 bits per heavy atom. The summed E-state index contributed by atoms with van der Waals surface area (Å²) in [7, 11) is 0. The van der Waals surface area contributed by atoms with Gasteiger partial charge in [0.25, 0.3) is 0 Å². The number of piperidine rings is 1. The molecule has 0 spiro atoms. The number of aromatic nitrogens is 1. The second kappa shape index (κ2) is 7.62. The lowest BCUT2D eigenvalue weighted by atomic mass is 9.67. The molecule has 1 amide bonds. The molecule has 3 fully saturated rings. The zero-order valence-electron chi connectivity index (χ0n) is 17.5. The maximum atomic E-state index is 13.2. The highest BCUT2D eigenvalue weighted by Gasteiger charge is 2.42. The van der Waals surface area contributed by atoms with E-state index in [1.807, 2.05) is 0 Å². The molecule has 1 aromatic heterocycles. The van der Waals surface area contributed by atoms with Crippen LogP contribution < -0.4 is 0 Å². The number of hydrogen-bond acceptors (Lipinski definition) is 2. The van der Waals surface area contributed by atoms with Gasteiger partial charge in [0.15, 0.2) is 0 Å². The fraction of sp³-hybridized carbons (Fsp3) is 0.600. The Kier molecular flexibility index (Phi) is 4.97. The Morgan fingerprint density at radius 3 is 2.48 bits per heavy atom. The van der Waals surface area contributed by atoms with Gasteiger partial charge in [-0.05, 0) is 62.0 Å². The second-order valence-electron chi connectivity index (χ2n) is 9.43. The predicted molar refractivity (Wildman–Crippen MR) is 115 cm³/mol. The number of aryl methyl sites for hydroxylation is 1. The number of nitrogens with zero attached hydrogens (tertiary/aromatic N) is 1. The van der Waals surface area contributed by atoms with Gasteiger partial charge in [0, 0.05) is 47.9 Å². The summed E-state index contributed by atoms with van der Waals surface area (Å²) in [6, 6.07) is 6.60. The molecule has 2 aliphatic carbocycles. The molecule has 1 unspecified atom stereocenters. The van der Waals surface area contributed by atoms with E-state index < -0.39 is 0 Å². The summed E-state index contributed by atoms with van der Waals surface area (Å²) in [5, 5.41) is 1.35. The van der Waals surface area contributed by atoms with Gasteiger partial charge in [-0.25, -0.2) is 0 Å². The Hall–Kier alpha value is -2.10. The molecule has 3 atom stereocenters. The van der Waals surface area contributed by atoms with Gasteiger partial charge in [0.1, 0.15) is 5.78 Å². The van der Waals surface area contributed by atoms with Crippen LogP contribution in [0.25, 0.3) is 10.9 Å². The number of benzene rings is 1. The van der Waals surface area contributed by atoms with Crippen molar-refractivity contribution in [3.05, 3.63) is 35.5 Å². The summed E-state index contributed by atoms with van der Waals surface area (Å²) >= 11 is 0. The SMILES string of the molecule is CCc1cccc2c(C3CCN(C(=O)C4C[C@H]5CCC[C@@H](C4)C5=O)CC3)c[nH]c12. The number of aromatic amines is 1. The fourth-order valence-electron chi connectivity index (χ4n) is 6.22. The van der Waals surface area contributed by atoms with Crippen molar-refractivity contribution >= 4 is 22.6 Å². The van der Waals surface area contributed by atoms with Crippen molar-refractivity contribution < 1.29 is 9.59 Å². The summed E-state index contributed by atoms with van der Waals surface area (Å²) in [5.41, 5.74) is 4.07. The summed E-state index contributed by atoms with van der Waals surface area (Å²) in [6.45, 7) is 3.90. The summed E-state index contributed by atoms with van der Waals surface area (Å²) in [4.78, 5) is 31.1. The average Bonchev–Trinajstić information content (AvgIpc) is 3.17. The minimum Gasteiger partial charge on any atom is -0.361 e. The molecular formula is C25H32N2O2. The number of hydrogen-bond donors (Lipinski definition) is 1. The standard InChI is InChI=1S/C25H32N2O2/c1-2-16-5-4-8-21-22(15-26-23(16)21)17-9-11-27(12-10-17)25(29)20-13-18-6-3-7-19(14-20)24(18)28/h4-5,8,15,17-20,26H,2-3,6-7,9-14H2,1H3/t18-,19+,20?. The highest BCUT2D eigenvalue weighted by molar-refractivity contribution is 5.89. The van der Waals surface area contributed by atoms with E-state index in [0.717, 1.165) is 64.5 Å². The van der Waals surface area contributed by atoms with E-state index in [2.05, 4.69) is 41.2 Å².